The average Bonchev–Trinajstić information content (AvgIpc) is 2.50. The Labute approximate surface area is 132 Å². The van der Waals surface area contributed by atoms with Crippen LogP contribution in [0.1, 0.15) is 50.9 Å². The summed E-state index contributed by atoms with van der Waals surface area (Å²) in [6.07, 6.45) is 2.00. The van der Waals surface area contributed by atoms with E-state index in [2.05, 4.69) is 12.2 Å². The molecule has 0 bridgehead atoms. The van der Waals surface area contributed by atoms with Gasteiger partial charge in [0.2, 0.25) is 5.75 Å². The lowest BCUT2D eigenvalue weighted by Gasteiger charge is -2.17. The van der Waals surface area contributed by atoms with Gasteiger partial charge in [-0.05, 0) is 39.3 Å². The van der Waals surface area contributed by atoms with Crippen LogP contribution in [0.3, 0.4) is 0 Å². The molecule has 1 aromatic rings. The maximum absolute atomic E-state index is 12.2. The molecule has 0 aliphatic rings. The molecule has 22 heavy (non-hydrogen) atoms. The number of ether oxygens (including phenoxy) is 3. The Hall–Kier alpha value is -1.91. The highest BCUT2D eigenvalue weighted by Crippen LogP contribution is 2.39. The Morgan fingerprint density at radius 3 is 1.95 bits per heavy atom. The predicted octanol–water partition coefficient (Wildman–Crippen LogP) is 3.41. The third-order valence-electron chi connectivity index (χ3n) is 2.99. The van der Waals surface area contributed by atoms with Crippen LogP contribution in [0.15, 0.2) is 12.1 Å². The second-order valence-corrected chi connectivity index (χ2v) is 4.71. The zero-order valence-electron chi connectivity index (χ0n) is 14.0. The molecule has 0 aliphatic carbocycles. The van der Waals surface area contributed by atoms with Gasteiger partial charge in [-0.2, -0.15) is 0 Å². The van der Waals surface area contributed by atoms with Crippen molar-refractivity contribution in [1.29, 1.82) is 0 Å². The van der Waals surface area contributed by atoms with Crippen molar-refractivity contribution >= 4 is 5.91 Å². The van der Waals surface area contributed by atoms with Gasteiger partial charge in [-0.1, -0.05) is 13.3 Å². The van der Waals surface area contributed by atoms with E-state index in [-0.39, 0.29) is 5.91 Å². The van der Waals surface area contributed by atoms with Gasteiger partial charge in [-0.25, -0.2) is 0 Å². The number of carbonyl (C=O) groups is 1. The van der Waals surface area contributed by atoms with Crippen LogP contribution < -0.4 is 19.5 Å². The molecule has 1 rings (SSSR count). The zero-order valence-corrected chi connectivity index (χ0v) is 14.0. The normalized spacial score (nSPS) is 10.2. The first-order chi connectivity index (χ1) is 10.7. The number of unbranched alkanes of at least 4 members (excludes halogenated alkanes) is 1. The van der Waals surface area contributed by atoms with Gasteiger partial charge in [0.05, 0.1) is 19.8 Å². The van der Waals surface area contributed by atoms with Crippen molar-refractivity contribution in [2.24, 2.45) is 0 Å². The van der Waals surface area contributed by atoms with Gasteiger partial charge in [-0.15, -0.1) is 0 Å². The molecule has 124 valence electrons. The van der Waals surface area contributed by atoms with Crippen LogP contribution in [-0.4, -0.2) is 32.3 Å². The van der Waals surface area contributed by atoms with Crippen LogP contribution >= 0.6 is 0 Å². The smallest absolute Gasteiger partial charge is 0.251 e. The summed E-state index contributed by atoms with van der Waals surface area (Å²) in [6, 6.07) is 3.41. The van der Waals surface area contributed by atoms with Gasteiger partial charge in [0, 0.05) is 12.1 Å². The maximum atomic E-state index is 12.2. The molecule has 5 nitrogen and oxygen atoms in total. The summed E-state index contributed by atoms with van der Waals surface area (Å²) >= 11 is 0. The van der Waals surface area contributed by atoms with Crippen LogP contribution in [0.25, 0.3) is 0 Å². The van der Waals surface area contributed by atoms with Crippen LogP contribution in [0.4, 0.5) is 0 Å². The Balaban J connectivity index is 3.09. The molecule has 1 aromatic carbocycles. The van der Waals surface area contributed by atoms with Crippen molar-refractivity contribution in [1.82, 2.24) is 5.32 Å². The minimum absolute atomic E-state index is 0.126. The van der Waals surface area contributed by atoms with Gasteiger partial charge in [0.1, 0.15) is 0 Å². The van der Waals surface area contributed by atoms with Gasteiger partial charge in [0.25, 0.3) is 5.91 Å². The third-order valence-corrected chi connectivity index (χ3v) is 2.99. The van der Waals surface area contributed by atoms with Crippen molar-refractivity contribution in [2.75, 3.05) is 26.4 Å². The Bertz CT molecular complexity index is 447. The van der Waals surface area contributed by atoms with E-state index < -0.39 is 0 Å². The minimum atomic E-state index is -0.126. The fourth-order valence-electron chi connectivity index (χ4n) is 2.00. The zero-order chi connectivity index (χ0) is 16.4. The topological polar surface area (TPSA) is 56.8 Å². The summed E-state index contributed by atoms with van der Waals surface area (Å²) in [5, 5.41) is 2.90. The fraction of sp³-hybridized carbons (Fsp3) is 0.588. The summed E-state index contributed by atoms with van der Waals surface area (Å²) < 4.78 is 16.8. The molecule has 0 atom stereocenters. The largest absolute Gasteiger partial charge is 0.490 e. The number of amides is 1. The summed E-state index contributed by atoms with van der Waals surface area (Å²) in [5.74, 6) is 1.50. The summed E-state index contributed by atoms with van der Waals surface area (Å²) in [5.41, 5.74) is 0.520. The first kappa shape index (κ1) is 18.1. The lowest BCUT2D eigenvalue weighted by Crippen LogP contribution is -2.24. The highest BCUT2D eigenvalue weighted by Gasteiger charge is 2.18. The summed E-state index contributed by atoms with van der Waals surface area (Å²) in [7, 11) is 0. The van der Waals surface area contributed by atoms with Gasteiger partial charge in [-0.3, -0.25) is 4.79 Å². The quantitative estimate of drug-likeness (QED) is 0.673. The minimum Gasteiger partial charge on any atom is -0.490 e. The monoisotopic (exact) mass is 309 g/mol. The molecule has 0 radical (unpaired) electrons. The molecule has 0 heterocycles. The van der Waals surface area contributed by atoms with Crippen LogP contribution in [0, 0.1) is 0 Å². The fourth-order valence-corrected chi connectivity index (χ4v) is 2.00. The van der Waals surface area contributed by atoms with Gasteiger partial charge >= 0.3 is 0 Å². The predicted molar refractivity (Wildman–Crippen MR) is 87.2 cm³/mol. The molecular formula is C17H27NO4. The molecule has 1 amide bonds. The standard InChI is InChI=1S/C17H27NO4/c1-5-9-10-18-17(19)13-11-14(20-6-2)16(22-8-4)15(12-13)21-7-3/h11-12H,5-10H2,1-4H3,(H,18,19). The Morgan fingerprint density at radius 2 is 1.50 bits per heavy atom. The maximum Gasteiger partial charge on any atom is 0.251 e. The number of benzene rings is 1. The number of hydrogen-bond donors (Lipinski definition) is 1. The van der Waals surface area contributed by atoms with Gasteiger partial charge < -0.3 is 19.5 Å². The highest BCUT2D eigenvalue weighted by molar-refractivity contribution is 5.95. The molecule has 1 N–H and O–H groups in total. The van der Waals surface area contributed by atoms with Gasteiger partial charge in [0.15, 0.2) is 11.5 Å². The van der Waals surface area contributed by atoms with E-state index in [0.717, 1.165) is 12.8 Å². The molecular weight excluding hydrogens is 282 g/mol. The highest BCUT2D eigenvalue weighted by atomic mass is 16.5. The second kappa shape index (κ2) is 9.92. The number of nitrogens with one attached hydrogen (secondary N) is 1. The SMILES string of the molecule is CCCCNC(=O)c1cc(OCC)c(OCC)c(OCC)c1. The van der Waals surface area contributed by atoms with Crippen LogP contribution in [-0.2, 0) is 0 Å². The lowest BCUT2D eigenvalue weighted by atomic mass is 10.1. The van der Waals surface area contributed by atoms with Crippen molar-refractivity contribution in [3.8, 4) is 17.2 Å². The first-order valence-electron chi connectivity index (χ1n) is 8.02. The van der Waals surface area contributed by atoms with E-state index in [9.17, 15) is 4.79 Å². The van der Waals surface area contributed by atoms with Crippen molar-refractivity contribution in [2.45, 2.75) is 40.5 Å². The molecule has 0 unspecified atom stereocenters. The Kier molecular flexibility index (Phi) is 8.18. The van der Waals surface area contributed by atoms with Crippen molar-refractivity contribution in [3.05, 3.63) is 17.7 Å². The third kappa shape index (κ3) is 5.13. The number of rotatable bonds is 10. The molecule has 0 saturated heterocycles. The van der Waals surface area contributed by atoms with Crippen LogP contribution in [0.5, 0.6) is 17.2 Å². The lowest BCUT2D eigenvalue weighted by molar-refractivity contribution is 0.0952. The van der Waals surface area contributed by atoms with Crippen molar-refractivity contribution in [3.63, 3.8) is 0 Å². The average molecular weight is 309 g/mol. The van der Waals surface area contributed by atoms with Crippen molar-refractivity contribution < 1.29 is 19.0 Å². The molecule has 0 aliphatic heterocycles. The molecule has 0 fully saturated rings. The molecule has 0 spiro atoms. The van der Waals surface area contributed by atoms with Crippen LogP contribution in [0.2, 0.25) is 0 Å². The summed E-state index contributed by atoms with van der Waals surface area (Å²) in [6.45, 7) is 9.92. The van der Waals surface area contributed by atoms with E-state index >= 15 is 0 Å². The second-order valence-electron chi connectivity index (χ2n) is 4.71. The van der Waals surface area contributed by atoms with E-state index in [0.29, 0.717) is 49.2 Å². The summed E-state index contributed by atoms with van der Waals surface area (Å²) in [4.78, 5) is 12.2. The van der Waals surface area contributed by atoms with E-state index in [4.69, 9.17) is 14.2 Å². The Morgan fingerprint density at radius 1 is 0.955 bits per heavy atom. The van der Waals surface area contributed by atoms with E-state index in [1.165, 1.54) is 0 Å². The van der Waals surface area contributed by atoms with E-state index in [1.54, 1.807) is 12.1 Å². The number of carbonyl (C=O) groups excluding carboxylic acids is 1. The van der Waals surface area contributed by atoms with E-state index in [1.807, 2.05) is 20.8 Å². The number of hydrogen-bond acceptors (Lipinski definition) is 4. The molecule has 0 saturated carbocycles. The molecule has 0 aromatic heterocycles. The molecule has 5 heteroatoms. The first-order valence-corrected chi connectivity index (χ1v) is 8.02.